The number of carbonyl (C=O) groups excluding carboxylic acids is 1. The van der Waals surface area contributed by atoms with Crippen LogP contribution in [0.25, 0.3) is 10.9 Å². The van der Waals surface area contributed by atoms with Crippen LogP contribution in [0.3, 0.4) is 0 Å². The number of nitrogens with zero attached hydrogens (tertiary/aromatic N) is 3. The first kappa shape index (κ1) is 25.4. The van der Waals surface area contributed by atoms with E-state index in [1.165, 1.54) is 0 Å². The molecule has 0 spiro atoms. The van der Waals surface area contributed by atoms with Crippen LogP contribution in [0.5, 0.6) is 5.75 Å². The monoisotopic (exact) mass is 535 g/mol. The maximum absolute atomic E-state index is 14.3. The van der Waals surface area contributed by atoms with Crippen LogP contribution < -0.4 is 9.64 Å². The Morgan fingerprint density at radius 2 is 1.92 bits per heavy atom. The zero-order valence-electron chi connectivity index (χ0n) is 21.8. The van der Waals surface area contributed by atoms with E-state index in [1.54, 1.807) is 7.11 Å². The molecule has 6 rings (SSSR count). The van der Waals surface area contributed by atoms with E-state index in [-0.39, 0.29) is 12.0 Å². The summed E-state index contributed by atoms with van der Waals surface area (Å²) in [5, 5.41) is 1.71. The average Bonchev–Trinajstić information content (AvgIpc) is 3.60. The van der Waals surface area contributed by atoms with E-state index < -0.39 is 5.41 Å². The SMILES string of the molecule is COc1ccc2cc(CN(CC3CCCO3)C(=O)C3(c4ccc(Cl)cc4)CC3)c(N3CCOCC3)nc2c1. The Labute approximate surface area is 228 Å². The quantitative estimate of drug-likeness (QED) is 0.406. The topological polar surface area (TPSA) is 64.1 Å². The molecule has 38 heavy (non-hydrogen) atoms. The number of ether oxygens (including phenoxy) is 3. The summed E-state index contributed by atoms with van der Waals surface area (Å²) >= 11 is 6.16. The smallest absolute Gasteiger partial charge is 0.233 e. The van der Waals surface area contributed by atoms with Crippen LogP contribution >= 0.6 is 11.6 Å². The summed E-state index contributed by atoms with van der Waals surface area (Å²) in [6.07, 6.45) is 3.77. The van der Waals surface area contributed by atoms with Gasteiger partial charge in [0.05, 0.1) is 37.4 Å². The normalized spacial score (nSPS) is 20.5. The van der Waals surface area contributed by atoms with Gasteiger partial charge in [0.25, 0.3) is 0 Å². The van der Waals surface area contributed by atoms with Crippen molar-refractivity contribution in [1.82, 2.24) is 9.88 Å². The second-order valence-corrected chi connectivity index (χ2v) is 11.0. The molecule has 3 fully saturated rings. The summed E-state index contributed by atoms with van der Waals surface area (Å²) in [6.45, 7) is 4.68. The molecular formula is C30H34ClN3O4. The van der Waals surface area contributed by atoms with E-state index >= 15 is 0 Å². The Kier molecular flexibility index (Phi) is 7.16. The summed E-state index contributed by atoms with van der Waals surface area (Å²) in [5.41, 5.74) is 2.48. The lowest BCUT2D eigenvalue weighted by Gasteiger charge is -2.33. The van der Waals surface area contributed by atoms with Gasteiger partial charge >= 0.3 is 0 Å². The van der Waals surface area contributed by atoms with Gasteiger partial charge in [-0.25, -0.2) is 4.98 Å². The van der Waals surface area contributed by atoms with Gasteiger partial charge < -0.3 is 24.0 Å². The molecule has 0 bridgehead atoms. The largest absolute Gasteiger partial charge is 0.497 e. The van der Waals surface area contributed by atoms with E-state index in [2.05, 4.69) is 11.0 Å². The molecule has 1 unspecified atom stereocenters. The molecule has 2 saturated heterocycles. The van der Waals surface area contributed by atoms with E-state index in [9.17, 15) is 4.79 Å². The summed E-state index contributed by atoms with van der Waals surface area (Å²) in [4.78, 5) is 23.7. The minimum atomic E-state index is -0.486. The second kappa shape index (κ2) is 10.7. The fourth-order valence-electron chi connectivity index (χ4n) is 5.75. The van der Waals surface area contributed by atoms with E-state index in [4.69, 9.17) is 30.8 Å². The van der Waals surface area contributed by atoms with Crippen molar-refractivity contribution in [2.75, 3.05) is 51.5 Å². The van der Waals surface area contributed by atoms with Crippen LogP contribution in [0.1, 0.15) is 36.8 Å². The van der Waals surface area contributed by atoms with Gasteiger partial charge in [0.1, 0.15) is 11.6 Å². The van der Waals surface area contributed by atoms with Crippen LogP contribution in [-0.4, -0.2) is 68.5 Å². The predicted molar refractivity (Wildman–Crippen MR) is 148 cm³/mol. The zero-order valence-corrected chi connectivity index (χ0v) is 22.6. The van der Waals surface area contributed by atoms with E-state index in [1.807, 2.05) is 47.4 Å². The molecule has 0 radical (unpaired) electrons. The van der Waals surface area contributed by atoms with Crippen molar-refractivity contribution in [3.63, 3.8) is 0 Å². The Hall–Kier alpha value is -2.87. The second-order valence-electron chi connectivity index (χ2n) is 10.5. The Balaban J connectivity index is 1.37. The molecule has 3 heterocycles. The van der Waals surface area contributed by atoms with Gasteiger partial charge in [-0.05, 0) is 61.6 Å². The number of morpholine rings is 1. The number of halogens is 1. The van der Waals surface area contributed by atoms with Gasteiger partial charge in [-0.1, -0.05) is 23.7 Å². The molecule has 3 aromatic rings. The number of aromatic nitrogens is 1. The molecule has 1 aromatic heterocycles. The third-order valence-corrected chi connectivity index (χ3v) is 8.30. The van der Waals surface area contributed by atoms with Crippen LogP contribution in [-0.2, 0) is 26.2 Å². The number of anilines is 1. The third kappa shape index (κ3) is 5.07. The molecular weight excluding hydrogens is 502 g/mol. The molecule has 1 saturated carbocycles. The summed E-state index contributed by atoms with van der Waals surface area (Å²) in [7, 11) is 1.67. The van der Waals surface area contributed by atoms with Crippen molar-refractivity contribution in [2.24, 2.45) is 0 Å². The number of fused-ring (bicyclic) bond motifs is 1. The lowest BCUT2D eigenvalue weighted by molar-refractivity contribution is -0.136. The molecule has 2 aromatic carbocycles. The number of pyridine rings is 1. The third-order valence-electron chi connectivity index (χ3n) is 8.04. The van der Waals surface area contributed by atoms with Crippen molar-refractivity contribution < 1.29 is 19.0 Å². The van der Waals surface area contributed by atoms with Crippen molar-refractivity contribution in [1.29, 1.82) is 0 Å². The summed E-state index contributed by atoms with van der Waals surface area (Å²) in [5.74, 6) is 1.85. The molecule has 1 amide bonds. The first-order chi connectivity index (χ1) is 18.6. The van der Waals surface area contributed by atoms with Crippen LogP contribution in [0, 0.1) is 0 Å². The summed E-state index contributed by atoms with van der Waals surface area (Å²) < 4.78 is 17.1. The molecule has 1 aliphatic carbocycles. The van der Waals surface area contributed by atoms with Crippen molar-refractivity contribution in [3.05, 3.63) is 64.7 Å². The number of benzene rings is 2. The van der Waals surface area contributed by atoms with Crippen molar-refractivity contribution >= 4 is 34.2 Å². The standard InChI is InChI=1S/C30H34ClN3O4/c1-36-25-9-4-21-17-22(28(32-27(21)18-25)33-12-15-37-16-13-33)19-34(20-26-3-2-14-38-26)29(35)30(10-11-30)23-5-7-24(31)8-6-23/h4-9,17-18,26H,2-3,10-16,19-20H2,1H3. The number of carbonyl (C=O) groups is 1. The Morgan fingerprint density at radius 3 is 2.61 bits per heavy atom. The van der Waals surface area contributed by atoms with Gasteiger partial charge in [0.15, 0.2) is 0 Å². The van der Waals surface area contributed by atoms with E-state index in [0.29, 0.717) is 31.3 Å². The maximum atomic E-state index is 14.3. The van der Waals surface area contributed by atoms with Gasteiger partial charge in [-0.3, -0.25) is 4.79 Å². The highest BCUT2D eigenvalue weighted by atomic mass is 35.5. The molecule has 0 N–H and O–H groups in total. The number of hydrogen-bond donors (Lipinski definition) is 0. The molecule has 8 heteroatoms. The molecule has 1 atom stereocenters. The highest BCUT2D eigenvalue weighted by Crippen LogP contribution is 2.50. The minimum Gasteiger partial charge on any atom is -0.497 e. The van der Waals surface area contributed by atoms with Crippen LogP contribution in [0.4, 0.5) is 5.82 Å². The zero-order chi connectivity index (χ0) is 26.1. The number of rotatable bonds is 8. The Morgan fingerprint density at radius 1 is 1.13 bits per heavy atom. The minimum absolute atomic E-state index is 0.0597. The van der Waals surface area contributed by atoms with E-state index in [0.717, 1.165) is 79.0 Å². The van der Waals surface area contributed by atoms with Gasteiger partial charge in [-0.2, -0.15) is 0 Å². The first-order valence-corrected chi connectivity index (χ1v) is 13.9. The van der Waals surface area contributed by atoms with Crippen molar-refractivity contribution in [2.45, 2.75) is 43.7 Å². The summed E-state index contributed by atoms with van der Waals surface area (Å²) in [6, 6.07) is 15.9. The van der Waals surface area contributed by atoms with Gasteiger partial charge in [0.2, 0.25) is 5.91 Å². The average molecular weight is 536 g/mol. The van der Waals surface area contributed by atoms with Crippen LogP contribution in [0.15, 0.2) is 48.5 Å². The fraction of sp³-hybridized carbons (Fsp3) is 0.467. The van der Waals surface area contributed by atoms with Gasteiger partial charge in [0, 0.05) is 54.8 Å². The van der Waals surface area contributed by atoms with Crippen molar-refractivity contribution in [3.8, 4) is 5.75 Å². The fourth-order valence-corrected chi connectivity index (χ4v) is 5.88. The lowest BCUT2D eigenvalue weighted by Crippen LogP contribution is -2.43. The predicted octanol–water partition coefficient (Wildman–Crippen LogP) is 4.97. The maximum Gasteiger partial charge on any atom is 0.233 e. The van der Waals surface area contributed by atoms with Crippen LogP contribution in [0.2, 0.25) is 5.02 Å². The molecule has 200 valence electrons. The molecule has 3 aliphatic rings. The molecule has 2 aliphatic heterocycles. The molecule has 7 nitrogen and oxygen atoms in total. The van der Waals surface area contributed by atoms with Gasteiger partial charge in [-0.15, -0.1) is 0 Å². The number of methoxy groups -OCH3 is 1. The lowest BCUT2D eigenvalue weighted by atomic mass is 9.93. The highest BCUT2D eigenvalue weighted by molar-refractivity contribution is 6.30. The first-order valence-electron chi connectivity index (χ1n) is 13.5. The number of hydrogen-bond acceptors (Lipinski definition) is 6. The highest BCUT2D eigenvalue weighted by Gasteiger charge is 2.53. The Bertz CT molecular complexity index is 1300. The number of amides is 1.